The van der Waals surface area contributed by atoms with Gasteiger partial charge in [0.25, 0.3) is 0 Å². The van der Waals surface area contributed by atoms with E-state index < -0.39 is 5.54 Å². The lowest BCUT2D eigenvalue weighted by molar-refractivity contribution is -0.130. The summed E-state index contributed by atoms with van der Waals surface area (Å²) in [5, 5.41) is 3.08. The van der Waals surface area contributed by atoms with Crippen LogP contribution in [-0.4, -0.2) is 49.2 Å². The highest BCUT2D eigenvalue weighted by Crippen LogP contribution is 2.21. The van der Waals surface area contributed by atoms with E-state index in [1.165, 1.54) is 5.56 Å². The number of nitrogens with two attached hydrogens (primary N) is 1. The lowest BCUT2D eigenvalue weighted by Gasteiger charge is -2.34. The van der Waals surface area contributed by atoms with Gasteiger partial charge >= 0.3 is 0 Å². The molecule has 1 unspecified atom stereocenters. The molecule has 0 spiro atoms. The van der Waals surface area contributed by atoms with E-state index in [9.17, 15) is 4.79 Å². The molecule has 1 heterocycles. The Morgan fingerprint density at radius 3 is 2.28 bits per heavy atom. The number of ether oxygens (including phenoxy) is 1. The standard InChI is InChI=1S/C18H29N3O2.2ClH/c1-3-21(4-2)16(15-8-6-5-7-9-15)14-20-17(22)18(19)10-12-23-13-11-18;;/h5-9,16H,3-4,10-14,19H2,1-2H3,(H,20,22);2*1H. The van der Waals surface area contributed by atoms with Crippen molar-refractivity contribution in [2.45, 2.75) is 38.3 Å². The van der Waals surface area contributed by atoms with Crippen molar-refractivity contribution in [2.75, 3.05) is 32.8 Å². The highest BCUT2D eigenvalue weighted by Gasteiger charge is 2.36. The van der Waals surface area contributed by atoms with Crippen LogP contribution in [0.3, 0.4) is 0 Å². The molecule has 1 aliphatic rings. The fourth-order valence-corrected chi connectivity index (χ4v) is 3.13. The summed E-state index contributed by atoms with van der Waals surface area (Å²) in [6, 6.07) is 10.5. The number of hydrogen-bond acceptors (Lipinski definition) is 4. The molecule has 3 N–H and O–H groups in total. The average Bonchev–Trinajstić information content (AvgIpc) is 2.59. The average molecular weight is 392 g/mol. The molecule has 0 saturated carbocycles. The minimum atomic E-state index is -0.789. The molecule has 2 rings (SSSR count). The van der Waals surface area contributed by atoms with E-state index >= 15 is 0 Å². The topological polar surface area (TPSA) is 67.6 Å². The van der Waals surface area contributed by atoms with Gasteiger partial charge in [-0.15, -0.1) is 24.8 Å². The molecule has 1 saturated heterocycles. The van der Waals surface area contributed by atoms with Crippen LogP contribution in [0.25, 0.3) is 0 Å². The van der Waals surface area contributed by atoms with Crippen molar-refractivity contribution in [1.29, 1.82) is 0 Å². The maximum absolute atomic E-state index is 12.5. The number of halogens is 2. The summed E-state index contributed by atoms with van der Waals surface area (Å²) in [4.78, 5) is 14.9. The number of carbonyl (C=O) groups is 1. The van der Waals surface area contributed by atoms with Gasteiger partial charge < -0.3 is 15.8 Å². The Labute approximate surface area is 163 Å². The second-order valence-corrected chi connectivity index (χ2v) is 6.13. The lowest BCUT2D eigenvalue weighted by atomic mass is 9.90. The van der Waals surface area contributed by atoms with Gasteiger partial charge in [0, 0.05) is 19.8 Å². The Bertz CT molecular complexity index is 492. The Kier molecular flexibility index (Phi) is 11.3. The molecule has 0 aromatic heterocycles. The molecule has 0 radical (unpaired) electrons. The SMILES string of the molecule is CCN(CC)C(CNC(=O)C1(N)CCOCC1)c1ccccc1.Cl.Cl. The number of amides is 1. The van der Waals surface area contributed by atoms with E-state index in [0.29, 0.717) is 32.6 Å². The zero-order valence-corrected chi connectivity index (χ0v) is 16.7. The van der Waals surface area contributed by atoms with Gasteiger partial charge in [0.1, 0.15) is 0 Å². The maximum Gasteiger partial charge on any atom is 0.240 e. The van der Waals surface area contributed by atoms with Crippen LogP contribution >= 0.6 is 24.8 Å². The maximum atomic E-state index is 12.5. The molecule has 1 fully saturated rings. The van der Waals surface area contributed by atoms with E-state index in [-0.39, 0.29) is 36.8 Å². The van der Waals surface area contributed by atoms with Gasteiger partial charge in [0.2, 0.25) is 5.91 Å². The van der Waals surface area contributed by atoms with Crippen molar-refractivity contribution in [3.8, 4) is 0 Å². The first-order chi connectivity index (χ1) is 11.1. The molecule has 1 atom stereocenters. The van der Waals surface area contributed by atoms with Crippen molar-refractivity contribution in [1.82, 2.24) is 10.2 Å². The molecule has 7 heteroatoms. The van der Waals surface area contributed by atoms with Crippen LogP contribution in [-0.2, 0) is 9.53 Å². The molecule has 144 valence electrons. The zero-order valence-electron chi connectivity index (χ0n) is 15.1. The fourth-order valence-electron chi connectivity index (χ4n) is 3.13. The molecule has 5 nitrogen and oxygen atoms in total. The molecule has 25 heavy (non-hydrogen) atoms. The zero-order chi connectivity index (χ0) is 16.7. The van der Waals surface area contributed by atoms with Gasteiger partial charge in [-0.2, -0.15) is 0 Å². The first kappa shape index (κ1) is 24.1. The van der Waals surface area contributed by atoms with Gasteiger partial charge in [-0.05, 0) is 31.5 Å². The molecule has 0 bridgehead atoms. The van der Waals surface area contributed by atoms with Crippen LogP contribution in [0.5, 0.6) is 0 Å². The van der Waals surface area contributed by atoms with Gasteiger partial charge in [-0.1, -0.05) is 44.2 Å². The molecule has 0 aliphatic carbocycles. The van der Waals surface area contributed by atoms with Crippen LogP contribution in [0.15, 0.2) is 30.3 Å². The van der Waals surface area contributed by atoms with Crippen LogP contribution < -0.4 is 11.1 Å². The number of carbonyl (C=O) groups excluding carboxylic acids is 1. The minimum Gasteiger partial charge on any atom is -0.381 e. The molecular weight excluding hydrogens is 361 g/mol. The smallest absolute Gasteiger partial charge is 0.240 e. The second-order valence-electron chi connectivity index (χ2n) is 6.13. The lowest BCUT2D eigenvalue weighted by Crippen LogP contribution is -2.57. The van der Waals surface area contributed by atoms with E-state index in [1.807, 2.05) is 18.2 Å². The number of benzene rings is 1. The first-order valence-corrected chi connectivity index (χ1v) is 8.54. The molecule has 1 aromatic carbocycles. The fraction of sp³-hybridized carbons (Fsp3) is 0.611. The monoisotopic (exact) mass is 391 g/mol. The van der Waals surface area contributed by atoms with Gasteiger partial charge in [0.05, 0.1) is 11.6 Å². The van der Waals surface area contributed by atoms with Gasteiger partial charge in [0.15, 0.2) is 0 Å². The highest BCUT2D eigenvalue weighted by molar-refractivity contribution is 5.86. The predicted molar refractivity (Wildman–Crippen MR) is 107 cm³/mol. The van der Waals surface area contributed by atoms with Crippen molar-refractivity contribution in [3.05, 3.63) is 35.9 Å². The summed E-state index contributed by atoms with van der Waals surface area (Å²) in [6.07, 6.45) is 1.17. The summed E-state index contributed by atoms with van der Waals surface area (Å²) in [5.41, 5.74) is 6.69. The van der Waals surface area contributed by atoms with Crippen molar-refractivity contribution >= 4 is 30.7 Å². The third-order valence-corrected chi connectivity index (χ3v) is 4.73. The van der Waals surface area contributed by atoms with Crippen molar-refractivity contribution < 1.29 is 9.53 Å². The summed E-state index contributed by atoms with van der Waals surface area (Å²) >= 11 is 0. The van der Waals surface area contributed by atoms with E-state index in [4.69, 9.17) is 10.5 Å². The van der Waals surface area contributed by atoms with E-state index in [1.54, 1.807) is 0 Å². The summed E-state index contributed by atoms with van der Waals surface area (Å²) in [6.45, 7) is 7.85. The third kappa shape index (κ3) is 6.42. The Morgan fingerprint density at radius 1 is 1.20 bits per heavy atom. The number of likely N-dealkylation sites (N-methyl/N-ethyl adjacent to an activating group) is 1. The Morgan fingerprint density at radius 2 is 1.76 bits per heavy atom. The van der Waals surface area contributed by atoms with Gasteiger partial charge in [-0.25, -0.2) is 0 Å². The molecule has 1 aromatic rings. The highest BCUT2D eigenvalue weighted by atomic mass is 35.5. The Balaban J connectivity index is 0.00000288. The number of rotatable bonds is 7. The molecule has 1 aliphatic heterocycles. The van der Waals surface area contributed by atoms with Gasteiger partial charge in [-0.3, -0.25) is 9.69 Å². The largest absolute Gasteiger partial charge is 0.381 e. The van der Waals surface area contributed by atoms with E-state index in [0.717, 1.165) is 13.1 Å². The van der Waals surface area contributed by atoms with E-state index in [2.05, 4.69) is 36.2 Å². The van der Waals surface area contributed by atoms with Crippen LogP contribution in [0.1, 0.15) is 38.3 Å². The summed E-state index contributed by atoms with van der Waals surface area (Å²) < 4.78 is 5.31. The first-order valence-electron chi connectivity index (χ1n) is 8.54. The minimum absolute atomic E-state index is 0. The summed E-state index contributed by atoms with van der Waals surface area (Å²) in [5.74, 6) is -0.0612. The van der Waals surface area contributed by atoms with Crippen LogP contribution in [0.2, 0.25) is 0 Å². The van der Waals surface area contributed by atoms with Crippen LogP contribution in [0, 0.1) is 0 Å². The Hall–Kier alpha value is -0.850. The summed E-state index contributed by atoms with van der Waals surface area (Å²) in [7, 11) is 0. The number of hydrogen-bond donors (Lipinski definition) is 2. The quantitative estimate of drug-likeness (QED) is 0.749. The molecular formula is C18H31Cl2N3O2. The normalized spacial score (nSPS) is 17.1. The van der Waals surface area contributed by atoms with Crippen molar-refractivity contribution in [3.63, 3.8) is 0 Å². The van der Waals surface area contributed by atoms with Crippen molar-refractivity contribution in [2.24, 2.45) is 5.73 Å². The predicted octanol–water partition coefficient (Wildman–Crippen LogP) is 2.54. The second kappa shape index (κ2) is 11.7. The number of nitrogens with zero attached hydrogens (tertiary/aromatic N) is 1. The molecule has 1 amide bonds. The number of nitrogens with one attached hydrogen (secondary N) is 1. The third-order valence-electron chi connectivity index (χ3n) is 4.73. The van der Waals surface area contributed by atoms with Crippen LogP contribution in [0.4, 0.5) is 0 Å².